The SMILES string of the molecule is Cc1nc2n(C)c(-c3ccc(Cl)cc3)nn2c1Br. The molecule has 18 heavy (non-hydrogen) atoms. The number of benzene rings is 1. The van der Waals surface area contributed by atoms with Crippen LogP contribution in [0.4, 0.5) is 0 Å². The van der Waals surface area contributed by atoms with Crippen LogP contribution in [-0.4, -0.2) is 19.2 Å². The van der Waals surface area contributed by atoms with Gasteiger partial charge in [0.05, 0.1) is 5.69 Å². The summed E-state index contributed by atoms with van der Waals surface area (Å²) < 4.78 is 4.63. The molecule has 3 rings (SSSR count). The van der Waals surface area contributed by atoms with Gasteiger partial charge in [0, 0.05) is 17.6 Å². The van der Waals surface area contributed by atoms with Gasteiger partial charge in [-0.15, -0.1) is 5.10 Å². The first-order valence-corrected chi connectivity index (χ1v) is 6.58. The van der Waals surface area contributed by atoms with Gasteiger partial charge >= 0.3 is 0 Å². The Morgan fingerprint density at radius 3 is 2.50 bits per heavy atom. The van der Waals surface area contributed by atoms with Gasteiger partial charge in [-0.25, -0.2) is 4.98 Å². The number of aromatic nitrogens is 4. The second-order valence-electron chi connectivity index (χ2n) is 4.09. The van der Waals surface area contributed by atoms with E-state index in [0.29, 0.717) is 0 Å². The summed E-state index contributed by atoms with van der Waals surface area (Å²) in [6, 6.07) is 7.61. The number of rotatable bonds is 1. The van der Waals surface area contributed by atoms with Gasteiger partial charge in [-0.3, -0.25) is 4.57 Å². The Hall–Kier alpha value is -1.33. The molecule has 0 N–H and O–H groups in total. The second kappa shape index (κ2) is 4.10. The molecule has 0 atom stereocenters. The van der Waals surface area contributed by atoms with Crippen molar-refractivity contribution >= 4 is 33.3 Å². The average molecular weight is 326 g/mol. The third kappa shape index (κ3) is 1.66. The summed E-state index contributed by atoms with van der Waals surface area (Å²) in [7, 11) is 1.95. The summed E-state index contributed by atoms with van der Waals surface area (Å²) in [5, 5.41) is 5.28. The lowest BCUT2D eigenvalue weighted by molar-refractivity contribution is 0.937. The van der Waals surface area contributed by atoms with Gasteiger partial charge in [0.2, 0.25) is 5.78 Å². The van der Waals surface area contributed by atoms with E-state index in [2.05, 4.69) is 26.0 Å². The standard InChI is InChI=1S/C12H10BrClN4/c1-7-10(13)18-12(15-7)17(2)11(16-18)8-3-5-9(14)6-4-8/h3-6H,1-2H3. The maximum atomic E-state index is 5.89. The predicted octanol–water partition coefficient (Wildman–Crippen LogP) is 3.46. The van der Waals surface area contributed by atoms with Gasteiger partial charge in [0.25, 0.3) is 0 Å². The fourth-order valence-electron chi connectivity index (χ4n) is 1.90. The van der Waals surface area contributed by atoms with Crippen LogP contribution in [0.3, 0.4) is 0 Å². The molecule has 4 nitrogen and oxygen atoms in total. The summed E-state index contributed by atoms with van der Waals surface area (Å²) in [6.45, 7) is 1.95. The van der Waals surface area contributed by atoms with Crippen LogP contribution in [0, 0.1) is 6.92 Å². The summed E-state index contributed by atoms with van der Waals surface area (Å²) in [5.74, 6) is 1.67. The van der Waals surface area contributed by atoms with E-state index in [-0.39, 0.29) is 0 Å². The molecule has 0 unspecified atom stereocenters. The zero-order valence-corrected chi connectivity index (χ0v) is 12.2. The molecule has 92 valence electrons. The van der Waals surface area contributed by atoms with Gasteiger partial charge in [-0.1, -0.05) is 11.6 Å². The predicted molar refractivity (Wildman–Crippen MR) is 74.8 cm³/mol. The molecule has 0 amide bonds. The van der Waals surface area contributed by atoms with E-state index >= 15 is 0 Å². The van der Waals surface area contributed by atoms with E-state index < -0.39 is 0 Å². The molecule has 0 spiro atoms. The molecule has 0 saturated carbocycles. The third-order valence-corrected chi connectivity index (χ3v) is 4.02. The number of imidazole rings is 1. The van der Waals surface area contributed by atoms with E-state index in [1.807, 2.05) is 42.8 Å². The fraction of sp³-hybridized carbons (Fsp3) is 0.167. The van der Waals surface area contributed by atoms with Gasteiger partial charge in [0.15, 0.2) is 5.82 Å². The van der Waals surface area contributed by atoms with Crippen LogP contribution in [0.15, 0.2) is 28.9 Å². The molecule has 6 heteroatoms. The number of hydrogen-bond donors (Lipinski definition) is 0. The van der Waals surface area contributed by atoms with Gasteiger partial charge in [0.1, 0.15) is 4.60 Å². The van der Waals surface area contributed by atoms with E-state index in [0.717, 1.165) is 32.5 Å². The number of hydrogen-bond acceptors (Lipinski definition) is 2. The minimum atomic E-state index is 0.717. The highest BCUT2D eigenvalue weighted by atomic mass is 79.9. The first-order chi connectivity index (χ1) is 8.58. The van der Waals surface area contributed by atoms with Crippen LogP contribution in [0.25, 0.3) is 17.2 Å². The van der Waals surface area contributed by atoms with Crippen molar-refractivity contribution < 1.29 is 0 Å². The smallest absolute Gasteiger partial charge is 0.233 e. The zero-order valence-electron chi connectivity index (χ0n) is 9.85. The van der Waals surface area contributed by atoms with Crippen molar-refractivity contribution in [2.45, 2.75) is 6.92 Å². The molecular formula is C12H10BrClN4. The number of aryl methyl sites for hydroxylation is 2. The van der Waals surface area contributed by atoms with Crippen LogP contribution >= 0.6 is 27.5 Å². The first kappa shape index (κ1) is 11.7. The Balaban J connectivity index is 2.24. The Labute approximate surface area is 117 Å². The molecule has 0 radical (unpaired) electrons. The van der Waals surface area contributed by atoms with E-state index in [1.165, 1.54) is 0 Å². The lowest BCUT2D eigenvalue weighted by Crippen LogP contribution is -1.93. The molecule has 0 aliphatic carbocycles. The van der Waals surface area contributed by atoms with Crippen molar-refractivity contribution in [3.63, 3.8) is 0 Å². The molecule has 2 aromatic heterocycles. The molecule has 0 saturated heterocycles. The van der Waals surface area contributed by atoms with Gasteiger partial charge in [-0.05, 0) is 47.1 Å². The van der Waals surface area contributed by atoms with Crippen molar-refractivity contribution in [3.8, 4) is 11.4 Å². The van der Waals surface area contributed by atoms with Crippen LogP contribution in [0.5, 0.6) is 0 Å². The molecule has 3 aromatic rings. The Bertz CT molecular complexity index is 727. The summed E-state index contributed by atoms with van der Waals surface area (Å²) in [4.78, 5) is 4.47. The quantitative estimate of drug-likeness (QED) is 0.687. The van der Waals surface area contributed by atoms with Crippen molar-refractivity contribution in [2.24, 2.45) is 7.05 Å². The van der Waals surface area contributed by atoms with Gasteiger partial charge in [-0.2, -0.15) is 4.52 Å². The van der Waals surface area contributed by atoms with E-state index in [1.54, 1.807) is 4.52 Å². The average Bonchev–Trinajstić information content (AvgIpc) is 2.81. The van der Waals surface area contributed by atoms with Crippen LogP contribution in [-0.2, 0) is 7.05 Å². The highest BCUT2D eigenvalue weighted by Gasteiger charge is 2.15. The van der Waals surface area contributed by atoms with Crippen molar-refractivity contribution in [3.05, 3.63) is 39.6 Å². The fourth-order valence-corrected chi connectivity index (χ4v) is 2.35. The van der Waals surface area contributed by atoms with Gasteiger partial charge < -0.3 is 0 Å². The molecule has 0 bridgehead atoms. The summed E-state index contributed by atoms with van der Waals surface area (Å²) in [5.41, 5.74) is 1.94. The third-order valence-electron chi connectivity index (χ3n) is 2.86. The lowest BCUT2D eigenvalue weighted by Gasteiger charge is -2.00. The Morgan fingerprint density at radius 2 is 1.89 bits per heavy atom. The monoisotopic (exact) mass is 324 g/mol. The number of nitrogens with zero attached hydrogens (tertiary/aromatic N) is 4. The normalized spacial score (nSPS) is 11.3. The van der Waals surface area contributed by atoms with Crippen LogP contribution in [0.1, 0.15) is 5.69 Å². The second-order valence-corrected chi connectivity index (χ2v) is 5.28. The molecule has 0 fully saturated rings. The molecular weight excluding hydrogens is 316 g/mol. The Kier molecular flexibility index (Phi) is 2.68. The maximum Gasteiger partial charge on any atom is 0.233 e. The highest BCUT2D eigenvalue weighted by Crippen LogP contribution is 2.24. The topological polar surface area (TPSA) is 35.1 Å². The Morgan fingerprint density at radius 1 is 1.22 bits per heavy atom. The van der Waals surface area contributed by atoms with Crippen molar-refractivity contribution in [1.29, 1.82) is 0 Å². The van der Waals surface area contributed by atoms with Crippen molar-refractivity contribution in [2.75, 3.05) is 0 Å². The largest absolute Gasteiger partial charge is 0.296 e. The maximum absolute atomic E-state index is 5.89. The first-order valence-electron chi connectivity index (χ1n) is 5.41. The number of halogens is 2. The van der Waals surface area contributed by atoms with Crippen LogP contribution < -0.4 is 0 Å². The minimum Gasteiger partial charge on any atom is -0.296 e. The van der Waals surface area contributed by atoms with E-state index in [9.17, 15) is 0 Å². The minimum absolute atomic E-state index is 0.717. The molecule has 2 heterocycles. The number of fused-ring (bicyclic) bond motifs is 1. The molecule has 1 aromatic carbocycles. The summed E-state index contributed by atoms with van der Waals surface area (Å²) in [6.07, 6.45) is 0. The molecule has 0 aliphatic heterocycles. The highest BCUT2D eigenvalue weighted by molar-refractivity contribution is 9.10. The lowest BCUT2D eigenvalue weighted by atomic mass is 10.2. The summed E-state index contributed by atoms with van der Waals surface area (Å²) >= 11 is 9.38. The zero-order chi connectivity index (χ0) is 12.9. The van der Waals surface area contributed by atoms with E-state index in [4.69, 9.17) is 11.6 Å². The van der Waals surface area contributed by atoms with Crippen LogP contribution in [0.2, 0.25) is 5.02 Å². The molecule has 0 aliphatic rings. The van der Waals surface area contributed by atoms with Crippen molar-refractivity contribution in [1.82, 2.24) is 19.2 Å².